The summed E-state index contributed by atoms with van der Waals surface area (Å²) in [5, 5.41) is 23.1. The van der Waals surface area contributed by atoms with Crippen molar-refractivity contribution in [2.24, 2.45) is 0 Å². The van der Waals surface area contributed by atoms with Crippen molar-refractivity contribution in [2.45, 2.75) is 39.2 Å². The SMILES string of the molecule is Cc1ccc(C(=O)Nc2ccc(Cl)c(-c3nnc4n3CCCCC4)c2)cc1[N+](=O)[O-]. The van der Waals surface area contributed by atoms with Gasteiger partial charge in [-0.05, 0) is 44.0 Å². The number of nitrogens with zero attached hydrogens (tertiary/aromatic N) is 4. The largest absolute Gasteiger partial charge is 0.322 e. The van der Waals surface area contributed by atoms with Gasteiger partial charge in [-0.1, -0.05) is 24.1 Å². The molecule has 0 aliphatic carbocycles. The number of nitrogens with one attached hydrogen (secondary N) is 1. The molecule has 0 saturated heterocycles. The van der Waals surface area contributed by atoms with Gasteiger partial charge >= 0.3 is 0 Å². The van der Waals surface area contributed by atoms with Gasteiger partial charge in [0.15, 0.2) is 5.82 Å². The molecule has 0 radical (unpaired) electrons. The highest BCUT2D eigenvalue weighted by atomic mass is 35.5. The lowest BCUT2D eigenvalue weighted by atomic mass is 10.1. The van der Waals surface area contributed by atoms with Crippen LogP contribution in [0.4, 0.5) is 11.4 Å². The number of aryl methyl sites for hydroxylation is 2. The Morgan fingerprint density at radius 3 is 2.80 bits per heavy atom. The van der Waals surface area contributed by atoms with E-state index in [1.54, 1.807) is 37.3 Å². The number of carbonyl (C=O) groups is 1. The van der Waals surface area contributed by atoms with E-state index in [0.29, 0.717) is 27.7 Å². The number of aromatic nitrogens is 3. The molecule has 1 aromatic heterocycles. The van der Waals surface area contributed by atoms with Gasteiger partial charge < -0.3 is 9.88 Å². The van der Waals surface area contributed by atoms with Crippen LogP contribution >= 0.6 is 11.6 Å². The van der Waals surface area contributed by atoms with Crippen LogP contribution in [0.15, 0.2) is 36.4 Å². The molecular weight excluding hydrogens is 406 g/mol. The standard InChI is InChI=1S/C21H20ClN5O3/c1-13-6-7-14(11-18(13)27(29)30)21(28)23-15-8-9-17(22)16(12-15)20-25-24-19-5-3-2-4-10-26(19)20/h6-9,11-12H,2-5,10H2,1H3,(H,23,28). The highest BCUT2D eigenvalue weighted by Crippen LogP contribution is 2.31. The number of fused-ring (bicyclic) bond motifs is 1. The number of carbonyl (C=O) groups excluding carboxylic acids is 1. The molecule has 0 atom stereocenters. The molecule has 8 nitrogen and oxygen atoms in total. The number of nitro benzene ring substituents is 1. The Morgan fingerprint density at radius 1 is 1.17 bits per heavy atom. The fraction of sp³-hybridized carbons (Fsp3) is 0.286. The first-order valence-corrected chi connectivity index (χ1v) is 10.1. The molecule has 30 heavy (non-hydrogen) atoms. The predicted octanol–water partition coefficient (Wildman–Crippen LogP) is 4.79. The topological polar surface area (TPSA) is 103 Å². The van der Waals surface area contributed by atoms with E-state index in [0.717, 1.165) is 38.1 Å². The maximum atomic E-state index is 12.7. The van der Waals surface area contributed by atoms with Gasteiger partial charge in [-0.2, -0.15) is 0 Å². The highest BCUT2D eigenvalue weighted by molar-refractivity contribution is 6.33. The number of nitro groups is 1. The average molecular weight is 426 g/mol. The minimum Gasteiger partial charge on any atom is -0.322 e. The van der Waals surface area contributed by atoms with E-state index in [9.17, 15) is 14.9 Å². The van der Waals surface area contributed by atoms with Gasteiger partial charge in [-0.15, -0.1) is 10.2 Å². The summed E-state index contributed by atoms with van der Waals surface area (Å²) < 4.78 is 2.09. The van der Waals surface area contributed by atoms with Crippen molar-refractivity contribution in [2.75, 3.05) is 5.32 Å². The number of hydrogen-bond donors (Lipinski definition) is 1. The number of benzene rings is 2. The first kappa shape index (κ1) is 20.0. The Labute approximate surface area is 178 Å². The number of halogens is 1. The van der Waals surface area contributed by atoms with Crippen LogP contribution in [0, 0.1) is 17.0 Å². The zero-order valence-corrected chi connectivity index (χ0v) is 17.1. The van der Waals surface area contributed by atoms with E-state index in [4.69, 9.17) is 11.6 Å². The number of anilines is 1. The second-order valence-corrected chi connectivity index (χ2v) is 7.72. The van der Waals surface area contributed by atoms with Crippen LogP contribution in [0.25, 0.3) is 11.4 Å². The molecule has 0 spiro atoms. The van der Waals surface area contributed by atoms with Crippen LogP contribution in [-0.2, 0) is 13.0 Å². The number of rotatable bonds is 4. The van der Waals surface area contributed by atoms with E-state index < -0.39 is 10.8 Å². The lowest BCUT2D eigenvalue weighted by Crippen LogP contribution is -2.12. The van der Waals surface area contributed by atoms with Crippen LogP contribution < -0.4 is 5.32 Å². The van der Waals surface area contributed by atoms with Crippen LogP contribution in [0.3, 0.4) is 0 Å². The molecule has 2 aromatic carbocycles. The zero-order chi connectivity index (χ0) is 21.3. The molecular formula is C21H20ClN5O3. The summed E-state index contributed by atoms with van der Waals surface area (Å²) >= 11 is 6.43. The zero-order valence-electron chi connectivity index (χ0n) is 16.4. The summed E-state index contributed by atoms with van der Waals surface area (Å²) in [6, 6.07) is 9.54. The van der Waals surface area contributed by atoms with Gasteiger partial charge in [0, 0.05) is 41.4 Å². The van der Waals surface area contributed by atoms with Gasteiger partial charge in [0.05, 0.1) is 9.95 Å². The van der Waals surface area contributed by atoms with E-state index in [1.807, 2.05) is 0 Å². The van der Waals surface area contributed by atoms with E-state index in [2.05, 4.69) is 20.1 Å². The molecule has 2 heterocycles. The Hall–Kier alpha value is -3.26. The second-order valence-electron chi connectivity index (χ2n) is 7.31. The van der Waals surface area contributed by atoms with Crippen LogP contribution in [0.5, 0.6) is 0 Å². The minimum absolute atomic E-state index is 0.0920. The molecule has 0 unspecified atom stereocenters. The Morgan fingerprint density at radius 2 is 2.00 bits per heavy atom. The van der Waals surface area contributed by atoms with Gasteiger partial charge in [-0.3, -0.25) is 14.9 Å². The van der Waals surface area contributed by atoms with Crippen molar-refractivity contribution in [1.82, 2.24) is 14.8 Å². The molecule has 9 heteroatoms. The average Bonchev–Trinajstić information content (AvgIpc) is 2.97. The maximum Gasteiger partial charge on any atom is 0.273 e. The Kier molecular flexibility index (Phi) is 5.50. The molecule has 154 valence electrons. The van der Waals surface area contributed by atoms with E-state index in [-0.39, 0.29) is 11.3 Å². The monoisotopic (exact) mass is 425 g/mol. The maximum absolute atomic E-state index is 12.7. The summed E-state index contributed by atoms with van der Waals surface area (Å²) in [6.45, 7) is 2.46. The Bertz CT molecular complexity index is 1140. The van der Waals surface area contributed by atoms with Crippen molar-refractivity contribution in [3.8, 4) is 11.4 Å². The van der Waals surface area contributed by atoms with Crippen LogP contribution in [0.2, 0.25) is 5.02 Å². The van der Waals surface area contributed by atoms with Crippen molar-refractivity contribution in [1.29, 1.82) is 0 Å². The molecule has 1 N–H and O–H groups in total. The molecule has 0 bridgehead atoms. The van der Waals surface area contributed by atoms with Gasteiger partial charge in [0.25, 0.3) is 11.6 Å². The van der Waals surface area contributed by atoms with Crippen molar-refractivity contribution in [3.63, 3.8) is 0 Å². The van der Waals surface area contributed by atoms with Gasteiger partial charge in [0.2, 0.25) is 0 Å². The third-order valence-electron chi connectivity index (χ3n) is 5.24. The summed E-state index contributed by atoms with van der Waals surface area (Å²) in [7, 11) is 0. The third kappa shape index (κ3) is 3.91. The molecule has 1 aliphatic heterocycles. The third-order valence-corrected chi connectivity index (χ3v) is 5.57. The fourth-order valence-corrected chi connectivity index (χ4v) is 3.81. The first-order valence-electron chi connectivity index (χ1n) is 9.72. The summed E-state index contributed by atoms with van der Waals surface area (Å²) in [5.74, 6) is 1.19. The number of amides is 1. The van der Waals surface area contributed by atoms with E-state index >= 15 is 0 Å². The molecule has 0 saturated carbocycles. The first-order chi connectivity index (χ1) is 14.4. The minimum atomic E-state index is -0.497. The van der Waals surface area contributed by atoms with Gasteiger partial charge in [-0.25, -0.2) is 0 Å². The van der Waals surface area contributed by atoms with Crippen molar-refractivity contribution < 1.29 is 9.72 Å². The molecule has 1 amide bonds. The van der Waals surface area contributed by atoms with E-state index in [1.165, 1.54) is 6.07 Å². The van der Waals surface area contributed by atoms with Crippen LogP contribution in [-0.4, -0.2) is 25.6 Å². The fourth-order valence-electron chi connectivity index (χ4n) is 3.61. The smallest absolute Gasteiger partial charge is 0.273 e. The van der Waals surface area contributed by atoms with Crippen molar-refractivity contribution in [3.05, 3.63) is 68.5 Å². The number of hydrogen-bond acceptors (Lipinski definition) is 5. The Balaban J connectivity index is 1.63. The predicted molar refractivity (Wildman–Crippen MR) is 114 cm³/mol. The summed E-state index contributed by atoms with van der Waals surface area (Å²) in [5.41, 5.74) is 1.82. The molecule has 4 rings (SSSR count). The molecule has 3 aromatic rings. The lowest BCUT2D eigenvalue weighted by molar-refractivity contribution is -0.385. The second kappa shape index (κ2) is 8.23. The molecule has 0 fully saturated rings. The highest BCUT2D eigenvalue weighted by Gasteiger charge is 2.19. The summed E-state index contributed by atoms with van der Waals surface area (Å²) in [4.78, 5) is 23.3. The quantitative estimate of drug-likeness (QED) is 0.478. The van der Waals surface area contributed by atoms with Crippen molar-refractivity contribution >= 4 is 28.9 Å². The lowest BCUT2D eigenvalue weighted by Gasteiger charge is -2.11. The normalized spacial score (nSPS) is 13.4. The summed E-state index contributed by atoms with van der Waals surface area (Å²) in [6.07, 6.45) is 4.17. The van der Waals surface area contributed by atoms with Gasteiger partial charge in [0.1, 0.15) is 5.82 Å². The molecule has 1 aliphatic rings. The van der Waals surface area contributed by atoms with Crippen LogP contribution in [0.1, 0.15) is 41.0 Å².